The van der Waals surface area contributed by atoms with Gasteiger partial charge in [-0.25, -0.2) is 0 Å². The number of likely N-dealkylation sites (tertiary alicyclic amines) is 1. The van der Waals surface area contributed by atoms with Crippen molar-refractivity contribution in [2.24, 2.45) is 0 Å². The van der Waals surface area contributed by atoms with Crippen LogP contribution in [0.3, 0.4) is 0 Å². The molecule has 1 aliphatic heterocycles. The monoisotopic (exact) mass is 201 g/mol. The van der Waals surface area contributed by atoms with Crippen LogP contribution in [0, 0.1) is 0 Å². The number of hydrogen-bond donors (Lipinski definition) is 0. The minimum atomic E-state index is 0. The number of carbonyl (C=O) groups excluding carboxylic acids is 1. The molecule has 14 heavy (non-hydrogen) atoms. The van der Waals surface area contributed by atoms with E-state index in [1.54, 1.807) is 6.92 Å². The third-order valence-corrected chi connectivity index (χ3v) is 2.24. The smallest absolute Gasteiger partial charge is 0.146 e. The SMILES string of the molecule is C.CCC.CCN1CCCC1C(C)=O. The van der Waals surface area contributed by atoms with Gasteiger partial charge in [0, 0.05) is 0 Å². The van der Waals surface area contributed by atoms with Crippen molar-refractivity contribution >= 4 is 5.78 Å². The van der Waals surface area contributed by atoms with Gasteiger partial charge in [-0.1, -0.05) is 34.6 Å². The van der Waals surface area contributed by atoms with Crippen molar-refractivity contribution in [2.45, 2.75) is 60.4 Å². The fourth-order valence-corrected chi connectivity index (χ4v) is 1.67. The van der Waals surface area contributed by atoms with Crippen LogP contribution in [0.4, 0.5) is 0 Å². The molecular formula is C12H27NO. The Morgan fingerprint density at radius 3 is 2.14 bits per heavy atom. The molecule has 0 aromatic heterocycles. The normalized spacial score (nSPS) is 20.7. The van der Waals surface area contributed by atoms with Gasteiger partial charge in [0.15, 0.2) is 0 Å². The molecule has 0 bridgehead atoms. The Bertz CT molecular complexity index is 145. The zero-order chi connectivity index (χ0) is 10.3. The molecular weight excluding hydrogens is 174 g/mol. The first-order chi connectivity index (χ1) is 6.17. The minimum absolute atomic E-state index is 0. The van der Waals surface area contributed by atoms with Gasteiger partial charge in [-0.2, -0.15) is 0 Å². The molecule has 1 heterocycles. The largest absolute Gasteiger partial charge is 0.298 e. The van der Waals surface area contributed by atoms with Gasteiger partial charge in [-0.15, -0.1) is 0 Å². The fourth-order valence-electron chi connectivity index (χ4n) is 1.67. The van der Waals surface area contributed by atoms with E-state index in [1.165, 1.54) is 12.8 Å². The number of likely N-dealkylation sites (N-methyl/N-ethyl adjacent to an activating group) is 1. The maximum atomic E-state index is 11.0. The van der Waals surface area contributed by atoms with Crippen molar-refractivity contribution in [3.05, 3.63) is 0 Å². The lowest BCUT2D eigenvalue weighted by molar-refractivity contribution is -0.121. The summed E-state index contributed by atoms with van der Waals surface area (Å²) in [5.74, 6) is 0.333. The second-order valence-corrected chi connectivity index (χ2v) is 3.60. The molecule has 86 valence electrons. The molecule has 0 radical (unpaired) electrons. The Hall–Kier alpha value is -0.370. The molecule has 0 aromatic rings. The molecule has 0 aliphatic carbocycles. The summed E-state index contributed by atoms with van der Waals surface area (Å²) in [6.45, 7) is 10.2. The predicted octanol–water partition coefficient (Wildman–Crippen LogP) is 3.11. The third kappa shape index (κ3) is 5.38. The lowest BCUT2D eigenvalue weighted by Gasteiger charge is -2.19. The highest BCUT2D eigenvalue weighted by Gasteiger charge is 2.25. The van der Waals surface area contributed by atoms with Crippen LogP contribution < -0.4 is 0 Å². The van der Waals surface area contributed by atoms with Crippen molar-refractivity contribution in [3.63, 3.8) is 0 Å². The van der Waals surface area contributed by atoms with Gasteiger partial charge in [0.1, 0.15) is 5.78 Å². The zero-order valence-electron chi connectivity index (χ0n) is 9.47. The van der Waals surface area contributed by atoms with Crippen molar-refractivity contribution in [3.8, 4) is 0 Å². The number of rotatable bonds is 2. The maximum Gasteiger partial charge on any atom is 0.146 e. The Morgan fingerprint density at radius 1 is 1.36 bits per heavy atom. The van der Waals surface area contributed by atoms with Crippen LogP contribution in [-0.2, 0) is 4.79 Å². The first kappa shape index (κ1) is 16.1. The van der Waals surface area contributed by atoms with Crippen molar-refractivity contribution in [1.82, 2.24) is 4.90 Å². The molecule has 2 heteroatoms. The molecule has 1 rings (SSSR count). The van der Waals surface area contributed by atoms with Crippen LogP contribution in [0.5, 0.6) is 0 Å². The third-order valence-electron chi connectivity index (χ3n) is 2.24. The van der Waals surface area contributed by atoms with E-state index in [4.69, 9.17) is 0 Å². The van der Waals surface area contributed by atoms with Gasteiger partial charge in [0.05, 0.1) is 6.04 Å². The van der Waals surface area contributed by atoms with Crippen LogP contribution in [-0.4, -0.2) is 29.8 Å². The van der Waals surface area contributed by atoms with E-state index in [0.29, 0.717) is 5.78 Å². The second kappa shape index (κ2) is 9.20. The van der Waals surface area contributed by atoms with Gasteiger partial charge in [0.25, 0.3) is 0 Å². The number of nitrogens with zero attached hydrogens (tertiary/aromatic N) is 1. The first-order valence-electron chi connectivity index (χ1n) is 5.41. The van der Waals surface area contributed by atoms with Crippen molar-refractivity contribution < 1.29 is 4.79 Å². The number of carbonyl (C=O) groups is 1. The molecule has 1 atom stereocenters. The van der Waals surface area contributed by atoms with E-state index in [0.717, 1.165) is 19.5 Å². The quantitative estimate of drug-likeness (QED) is 0.684. The molecule has 0 saturated carbocycles. The van der Waals surface area contributed by atoms with Gasteiger partial charge in [-0.05, 0) is 32.9 Å². The summed E-state index contributed by atoms with van der Waals surface area (Å²) < 4.78 is 0. The Balaban J connectivity index is 0. The Kier molecular flexibility index (Phi) is 10.6. The molecule has 0 aromatic carbocycles. The summed E-state index contributed by atoms with van der Waals surface area (Å²) in [5.41, 5.74) is 0. The van der Waals surface area contributed by atoms with Crippen LogP contribution >= 0.6 is 0 Å². The second-order valence-electron chi connectivity index (χ2n) is 3.60. The van der Waals surface area contributed by atoms with Crippen LogP contribution in [0.1, 0.15) is 54.4 Å². The van der Waals surface area contributed by atoms with Crippen LogP contribution in [0.25, 0.3) is 0 Å². The van der Waals surface area contributed by atoms with Crippen molar-refractivity contribution in [2.75, 3.05) is 13.1 Å². The number of ketones is 1. The number of Topliss-reactive ketones (excluding diaryl/α,β-unsaturated/α-hetero) is 1. The summed E-state index contributed by atoms with van der Waals surface area (Å²) in [7, 11) is 0. The molecule has 1 saturated heterocycles. The number of hydrogen-bond acceptors (Lipinski definition) is 2. The van der Waals surface area contributed by atoms with Crippen LogP contribution in [0.15, 0.2) is 0 Å². The van der Waals surface area contributed by atoms with E-state index >= 15 is 0 Å². The Labute approximate surface area is 89.7 Å². The Morgan fingerprint density at radius 2 is 1.86 bits per heavy atom. The molecule has 0 N–H and O–H groups in total. The highest BCUT2D eigenvalue weighted by molar-refractivity contribution is 5.81. The van der Waals surface area contributed by atoms with E-state index in [9.17, 15) is 4.79 Å². The maximum absolute atomic E-state index is 11.0. The van der Waals surface area contributed by atoms with Gasteiger partial charge < -0.3 is 0 Å². The average Bonchev–Trinajstić information content (AvgIpc) is 2.52. The summed E-state index contributed by atoms with van der Waals surface area (Å²) in [6, 6.07) is 0.241. The van der Waals surface area contributed by atoms with E-state index in [1.807, 2.05) is 0 Å². The zero-order valence-corrected chi connectivity index (χ0v) is 9.47. The van der Waals surface area contributed by atoms with Gasteiger partial charge in [0.2, 0.25) is 0 Å². The first-order valence-corrected chi connectivity index (χ1v) is 5.41. The summed E-state index contributed by atoms with van der Waals surface area (Å²) in [5, 5.41) is 0. The standard InChI is InChI=1S/C8H15NO.C3H8.CH4/c1-3-9-6-4-5-8(9)7(2)10;1-3-2;/h8H,3-6H2,1-2H3;3H2,1-2H3;1H4. The summed E-state index contributed by atoms with van der Waals surface area (Å²) >= 11 is 0. The van der Waals surface area contributed by atoms with Crippen molar-refractivity contribution in [1.29, 1.82) is 0 Å². The topological polar surface area (TPSA) is 20.3 Å². The van der Waals surface area contributed by atoms with E-state index < -0.39 is 0 Å². The highest BCUT2D eigenvalue weighted by Crippen LogP contribution is 2.16. The molecule has 1 fully saturated rings. The predicted molar refractivity (Wildman–Crippen MR) is 63.6 cm³/mol. The summed E-state index contributed by atoms with van der Waals surface area (Å²) in [4.78, 5) is 13.2. The molecule has 1 unspecified atom stereocenters. The minimum Gasteiger partial charge on any atom is -0.298 e. The molecule has 0 amide bonds. The lowest BCUT2D eigenvalue weighted by Crippen LogP contribution is -2.34. The summed E-state index contributed by atoms with van der Waals surface area (Å²) in [6.07, 6.45) is 3.52. The van der Waals surface area contributed by atoms with Crippen LogP contribution in [0.2, 0.25) is 0 Å². The van der Waals surface area contributed by atoms with Gasteiger partial charge in [-0.3, -0.25) is 9.69 Å². The molecule has 1 aliphatic rings. The highest BCUT2D eigenvalue weighted by atomic mass is 16.1. The molecule has 0 spiro atoms. The van der Waals surface area contributed by atoms with E-state index in [2.05, 4.69) is 25.7 Å². The fraction of sp³-hybridized carbons (Fsp3) is 0.917. The van der Waals surface area contributed by atoms with E-state index in [-0.39, 0.29) is 13.5 Å². The average molecular weight is 201 g/mol. The lowest BCUT2D eigenvalue weighted by atomic mass is 10.1. The van der Waals surface area contributed by atoms with Gasteiger partial charge >= 0.3 is 0 Å². The molecule has 2 nitrogen and oxygen atoms in total.